The number of carboxylic acid groups (broad SMARTS) is 1. The Morgan fingerprint density at radius 3 is 2.86 bits per heavy atom. The normalized spacial score (nSPS) is 21.8. The van der Waals surface area contributed by atoms with Crippen molar-refractivity contribution in [3.8, 4) is 0 Å². The maximum atomic E-state index is 12.4. The third kappa shape index (κ3) is 4.17. The molecule has 2 atom stereocenters. The Kier molecular flexibility index (Phi) is 5.17. The minimum atomic E-state index is -0.951. The molecule has 1 saturated carbocycles. The molecule has 1 fully saturated rings. The van der Waals surface area contributed by atoms with Gasteiger partial charge >= 0.3 is 5.97 Å². The second-order valence-electron chi connectivity index (χ2n) is 5.74. The number of nitrogens with zero attached hydrogens (tertiary/aromatic N) is 1. The molecule has 1 N–H and O–H groups in total. The van der Waals surface area contributed by atoms with Gasteiger partial charge in [-0.3, -0.25) is 4.79 Å². The number of thiophene rings is 1. The third-order valence-corrected chi connectivity index (χ3v) is 4.99. The van der Waals surface area contributed by atoms with E-state index in [9.17, 15) is 9.59 Å². The Balaban J connectivity index is 1.94. The van der Waals surface area contributed by atoms with Crippen molar-refractivity contribution in [3.05, 3.63) is 28.0 Å². The van der Waals surface area contributed by atoms with Crippen LogP contribution in [0.5, 0.6) is 0 Å². The van der Waals surface area contributed by atoms with E-state index in [4.69, 9.17) is 5.11 Å². The SMILES string of the molecule is CC1CCCC1C(=O)N(C)Cc1csc(/C=C/C(=O)O)c1. The van der Waals surface area contributed by atoms with Crippen LogP contribution in [0, 0.1) is 11.8 Å². The molecule has 0 saturated heterocycles. The maximum Gasteiger partial charge on any atom is 0.328 e. The molecular formula is C16H21NO3S. The fourth-order valence-corrected chi connectivity index (χ4v) is 3.66. The molecule has 0 aromatic carbocycles. The highest BCUT2D eigenvalue weighted by Crippen LogP contribution is 2.32. The molecule has 1 aliphatic carbocycles. The van der Waals surface area contributed by atoms with E-state index >= 15 is 0 Å². The second-order valence-corrected chi connectivity index (χ2v) is 6.68. The van der Waals surface area contributed by atoms with Crippen molar-refractivity contribution in [2.24, 2.45) is 11.8 Å². The van der Waals surface area contributed by atoms with Crippen LogP contribution >= 0.6 is 11.3 Å². The van der Waals surface area contributed by atoms with Crippen molar-refractivity contribution in [2.75, 3.05) is 7.05 Å². The summed E-state index contributed by atoms with van der Waals surface area (Å²) in [7, 11) is 1.85. The van der Waals surface area contributed by atoms with Gasteiger partial charge in [0.25, 0.3) is 0 Å². The van der Waals surface area contributed by atoms with Gasteiger partial charge in [-0.2, -0.15) is 0 Å². The molecule has 0 aliphatic heterocycles. The van der Waals surface area contributed by atoms with Crippen molar-refractivity contribution in [1.29, 1.82) is 0 Å². The average Bonchev–Trinajstić information content (AvgIpc) is 3.04. The fourth-order valence-electron chi connectivity index (χ4n) is 2.87. The Labute approximate surface area is 129 Å². The lowest BCUT2D eigenvalue weighted by molar-refractivity contribution is -0.135. The number of aliphatic carboxylic acids is 1. The van der Waals surface area contributed by atoms with Gasteiger partial charge in [0.1, 0.15) is 0 Å². The summed E-state index contributed by atoms with van der Waals surface area (Å²) < 4.78 is 0. The van der Waals surface area contributed by atoms with E-state index in [-0.39, 0.29) is 11.8 Å². The smallest absolute Gasteiger partial charge is 0.328 e. The summed E-state index contributed by atoms with van der Waals surface area (Å²) in [5, 5.41) is 10.6. The van der Waals surface area contributed by atoms with E-state index in [0.717, 1.165) is 35.8 Å². The zero-order valence-electron chi connectivity index (χ0n) is 12.4. The Morgan fingerprint density at radius 2 is 2.24 bits per heavy atom. The molecule has 4 nitrogen and oxygen atoms in total. The monoisotopic (exact) mass is 307 g/mol. The van der Waals surface area contributed by atoms with Gasteiger partial charge in [0.05, 0.1) is 0 Å². The van der Waals surface area contributed by atoms with Gasteiger partial charge in [-0.25, -0.2) is 4.79 Å². The Hall–Kier alpha value is -1.62. The summed E-state index contributed by atoms with van der Waals surface area (Å²) in [6.45, 7) is 2.74. The summed E-state index contributed by atoms with van der Waals surface area (Å²) >= 11 is 1.49. The molecule has 2 unspecified atom stereocenters. The summed E-state index contributed by atoms with van der Waals surface area (Å²) in [4.78, 5) is 25.6. The van der Waals surface area contributed by atoms with E-state index in [2.05, 4.69) is 6.92 Å². The number of hydrogen-bond donors (Lipinski definition) is 1. The summed E-state index contributed by atoms with van der Waals surface area (Å²) in [6.07, 6.45) is 6.00. The summed E-state index contributed by atoms with van der Waals surface area (Å²) in [5.74, 6) is -0.0715. The molecule has 0 bridgehead atoms. The highest BCUT2D eigenvalue weighted by molar-refractivity contribution is 7.11. The van der Waals surface area contributed by atoms with Gasteiger partial charge in [0.15, 0.2) is 0 Å². The molecule has 0 radical (unpaired) electrons. The van der Waals surface area contributed by atoms with Gasteiger partial charge in [-0.05, 0) is 41.8 Å². The molecule has 1 heterocycles. The fraction of sp³-hybridized carbons (Fsp3) is 0.500. The first-order valence-corrected chi connectivity index (χ1v) is 8.08. The molecule has 0 spiro atoms. The van der Waals surface area contributed by atoms with Crippen molar-refractivity contribution in [2.45, 2.75) is 32.7 Å². The van der Waals surface area contributed by atoms with Crippen LogP contribution in [0.15, 0.2) is 17.5 Å². The molecule has 1 aromatic rings. The van der Waals surface area contributed by atoms with Crippen molar-refractivity contribution < 1.29 is 14.7 Å². The highest BCUT2D eigenvalue weighted by Gasteiger charge is 2.31. The summed E-state index contributed by atoms with van der Waals surface area (Å²) in [5.41, 5.74) is 1.05. The molecule has 114 valence electrons. The lowest BCUT2D eigenvalue weighted by atomic mass is 9.96. The standard InChI is InChI=1S/C16H21NO3S/c1-11-4-3-5-14(11)16(20)17(2)9-12-8-13(21-10-12)6-7-15(18)19/h6-8,10-11,14H,3-5,9H2,1-2H3,(H,18,19)/b7-6+. The number of hydrogen-bond acceptors (Lipinski definition) is 3. The van der Waals surface area contributed by atoms with E-state index in [0.29, 0.717) is 12.5 Å². The zero-order valence-corrected chi connectivity index (χ0v) is 13.2. The third-order valence-electron chi connectivity index (χ3n) is 4.04. The quantitative estimate of drug-likeness (QED) is 0.850. The number of carbonyl (C=O) groups is 2. The minimum Gasteiger partial charge on any atom is -0.478 e. The van der Waals surface area contributed by atoms with Crippen LogP contribution in [0.2, 0.25) is 0 Å². The largest absolute Gasteiger partial charge is 0.478 e. The molecule has 21 heavy (non-hydrogen) atoms. The number of rotatable bonds is 5. The second kappa shape index (κ2) is 6.89. The van der Waals surface area contributed by atoms with Crippen molar-refractivity contribution in [1.82, 2.24) is 4.90 Å². The Bertz CT molecular complexity index is 549. The van der Waals surface area contributed by atoms with Crippen LogP contribution in [0.4, 0.5) is 0 Å². The van der Waals surface area contributed by atoms with Crippen LogP contribution in [-0.4, -0.2) is 28.9 Å². The van der Waals surface area contributed by atoms with Crippen LogP contribution in [-0.2, 0) is 16.1 Å². The Morgan fingerprint density at radius 1 is 1.48 bits per heavy atom. The van der Waals surface area contributed by atoms with E-state index in [1.54, 1.807) is 11.0 Å². The predicted molar refractivity (Wildman–Crippen MR) is 84.0 cm³/mol. The molecular weight excluding hydrogens is 286 g/mol. The lowest BCUT2D eigenvalue weighted by Gasteiger charge is -2.23. The van der Waals surface area contributed by atoms with Gasteiger partial charge in [0.2, 0.25) is 5.91 Å². The van der Waals surface area contributed by atoms with Crippen molar-refractivity contribution >= 4 is 29.3 Å². The highest BCUT2D eigenvalue weighted by atomic mass is 32.1. The number of carbonyl (C=O) groups excluding carboxylic acids is 1. The van der Waals surface area contributed by atoms with Gasteiger partial charge in [-0.15, -0.1) is 11.3 Å². The predicted octanol–water partition coefficient (Wildman–Crippen LogP) is 3.24. The topological polar surface area (TPSA) is 57.6 Å². The number of carboxylic acids is 1. The van der Waals surface area contributed by atoms with E-state index in [1.807, 2.05) is 18.5 Å². The van der Waals surface area contributed by atoms with Gasteiger partial charge < -0.3 is 10.0 Å². The van der Waals surface area contributed by atoms with Crippen LogP contribution in [0.1, 0.15) is 36.6 Å². The van der Waals surface area contributed by atoms with Gasteiger partial charge in [0, 0.05) is 30.5 Å². The first kappa shape index (κ1) is 15.8. The molecule has 1 aromatic heterocycles. The first-order valence-electron chi connectivity index (χ1n) is 7.20. The van der Waals surface area contributed by atoms with Gasteiger partial charge in [-0.1, -0.05) is 13.3 Å². The summed E-state index contributed by atoms with van der Waals surface area (Å²) in [6, 6.07) is 1.94. The molecule has 1 aliphatic rings. The number of amides is 1. The average molecular weight is 307 g/mol. The zero-order chi connectivity index (χ0) is 15.4. The lowest BCUT2D eigenvalue weighted by Crippen LogP contribution is -2.33. The van der Waals surface area contributed by atoms with Crippen LogP contribution in [0.25, 0.3) is 6.08 Å². The first-order chi connectivity index (χ1) is 9.97. The van der Waals surface area contributed by atoms with E-state index < -0.39 is 5.97 Å². The van der Waals surface area contributed by atoms with Crippen LogP contribution < -0.4 is 0 Å². The minimum absolute atomic E-state index is 0.167. The van der Waals surface area contributed by atoms with Crippen molar-refractivity contribution in [3.63, 3.8) is 0 Å². The van der Waals surface area contributed by atoms with Crippen LogP contribution in [0.3, 0.4) is 0 Å². The maximum absolute atomic E-state index is 12.4. The van der Waals surface area contributed by atoms with E-state index in [1.165, 1.54) is 11.3 Å². The molecule has 1 amide bonds. The molecule has 5 heteroatoms. The molecule has 2 rings (SSSR count).